The second-order valence-electron chi connectivity index (χ2n) is 4.66. The average molecular weight is 272 g/mol. The number of carbonyl (C=O) groups is 1. The third-order valence-corrected chi connectivity index (χ3v) is 4.32. The Morgan fingerprint density at radius 2 is 1.68 bits per heavy atom. The minimum Gasteiger partial charge on any atom is -0.478 e. The summed E-state index contributed by atoms with van der Waals surface area (Å²) in [6.45, 7) is 6.10. The Morgan fingerprint density at radius 1 is 0.947 bits per heavy atom. The second-order valence-corrected chi connectivity index (χ2v) is 5.74. The van der Waals surface area contributed by atoms with Gasteiger partial charge in [-0.2, -0.15) is 0 Å². The molecule has 98 valence electrons. The van der Waals surface area contributed by atoms with E-state index in [-0.39, 0.29) is 0 Å². The molecule has 0 aliphatic rings. The number of aryl methyl sites for hydroxylation is 3. The first-order valence-electron chi connectivity index (χ1n) is 6.06. The van der Waals surface area contributed by atoms with Crippen LogP contribution in [0.25, 0.3) is 0 Å². The Morgan fingerprint density at radius 3 is 2.32 bits per heavy atom. The van der Waals surface area contributed by atoms with Gasteiger partial charge in [0.2, 0.25) is 0 Å². The lowest BCUT2D eigenvalue weighted by atomic mass is 10.1. The topological polar surface area (TPSA) is 37.3 Å². The largest absolute Gasteiger partial charge is 0.478 e. The zero-order valence-electron chi connectivity index (χ0n) is 11.2. The molecule has 19 heavy (non-hydrogen) atoms. The highest BCUT2D eigenvalue weighted by atomic mass is 32.2. The minimum atomic E-state index is -0.883. The van der Waals surface area contributed by atoms with Crippen LogP contribution < -0.4 is 0 Å². The van der Waals surface area contributed by atoms with Crippen molar-refractivity contribution >= 4 is 17.7 Å². The molecule has 2 nitrogen and oxygen atoms in total. The lowest BCUT2D eigenvalue weighted by molar-refractivity contribution is 0.0696. The van der Waals surface area contributed by atoms with Gasteiger partial charge in [-0.15, -0.1) is 0 Å². The number of carboxylic acids is 1. The zero-order chi connectivity index (χ0) is 14.0. The van der Waals surface area contributed by atoms with E-state index in [2.05, 4.69) is 32.0 Å². The van der Waals surface area contributed by atoms with Crippen molar-refractivity contribution in [1.82, 2.24) is 0 Å². The fraction of sp³-hybridized carbons (Fsp3) is 0.188. The van der Waals surface area contributed by atoms with E-state index in [4.69, 9.17) is 5.11 Å². The van der Waals surface area contributed by atoms with Crippen LogP contribution in [0.15, 0.2) is 46.2 Å². The lowest BCUT2D eigenvalue weighted by Gasteiger charge is -2.09. The van der Waals surface area contributed by atoms with E-state index < -0.39 is 5.97 Å². The monoisotopic (exact) mass is 272 g/mol. The second kappa shape index (κ2) is 5.49. The highest BCUT2D eigenvalue weighted by Crippen LogP contribution is 2.33. The van der Waals surface area contributed by atoms with Crippen molar-refractivity contribution in [2.45, 2.75) is 30.6 Å². The smallest absolute Gasteiger partial charge is 0.335 e. The summed E-state index contributed by atoms with van der Waals surface area (Å²) in [5, 5.41) is 8.96. The van der Waals surface area contributed by atoms with Gasteiger partial charge in [-0.25, -0.2) is 4.79 Å². The predicted molar refractivity (Wildman–Crippen MR) is 78.2 cm³/mol. The van der Waals surface area contributed by atoms with Crippen LogP contribution >= 0.6 is 11.8 Å². The van der Waals surface area contributed by atoms with Crippen LogP contribution in [0.1, 0.15) is 27.0 Å². The first kappa shape index (κ1) is 13.7. The fourth-order valence-corrected chi connectivity index (χ4v) is 2.90. The van der Waals surface area contributed by atoms with Gasteiger partial charge in [-0.05, 0) is 61.7 Å². The molecule has 0 amide bonds. The van der Waals surface area contributed by atoms with E-state index in [0.717, 1.165) is 10.5 Å². The maximum absolute atomic E-state index is 10.9. The van der Waals surface area contributed by atoms with Crippen LogP contribution in [0.4, 0.5) is 0 Å². The molecule has 0 spiro atoms. The Kier molecular flexibility index (Phi) is 3.96. The molecule has 0 saturated carbocycles. The van der Waals surface area contributed by atoms with E-state index >= 15 is 0 Å². The quantitative estimate of drug-likeness (QED) is 0.896. The molecule has 0 aromatic heterocycles. The molecule has 1 N–H and O–H groups in total. The maximum atomic E-state index is 10.9. The Balaban J connectivity index is 2.33. The average Bonchev–Trinajstić information content (AvgIpc) is 2.36. The summed E-state index contributed by atoms with van der Waals surface area (Å²) < 4.78 is 0. The molecule has 0 atom stereocenters. The van der Waals surface area contributed by atoms with Crippen LogP contribution in [-0.4, -0.2) is 11.1 Å². The number of rotatable bonds is 3. The van der Waals surface area contributed by atoms with Crippen LogP contribution in [-0.2, 0) is 0 Å². The molecule has 0 bridgehead atoms. The molecule has 2 aromatic carbocycles. The van der Waals surface area contributed by atoms with Crippen molar-refractivity contribution < 1.29 is 9.90 Å². The van der Waals surface area contributed by atoms with Gasteiger partial charge in [0, 0.05) is 9.79 Å². The van der Waals surface area contributed by atoms with E-state index in [9.17, 15) is 4.79 Å². The number of benzene rings is 2. The zero-order valence-corrected chi connectivity index (χ0v) is 12.0. The Bertz CT molecular complexity index is 633. The number of aromatic carboxylic acids is 1. The van der Waals surface area contributed by atoms with Crippen molar-refractivity contribution in [2.24, 2.45) is 0 Å². The highest BCUT2D eigenvalue weighted by Gasteiger charge is 2.08. The fourth-order valence-electron chi connectivity index (χ4n) is 1.83. The third kappa shape index (κ3) is 3.18. The van der Waals surface area contributed by atoms with Crippen molar-refractivity contribution in [2.75, 3.05) is 0 Å². The lowest BCUT2D eigenvalue weighted by Crippen LogP contribution is -1.96. The number of hydrogen-bond acceptors (Lipinski definition) is 2. The molecular formula is C16H16O2S. The van der Waals surface area contributed by atoms with Gasteiger partial charge in [-0.1, -0.05) is 23.9 Å². The van der Waals surface area contributed by atoms with E-state index in [1.165, 1.54) is 16.0 Å². The number of carboxylic acid groups (broad SMARTS) is 1. The standard InChI is InChI=1S/C16H16O2S/c1-10-4-5-11(2)15(8-10)19-14-7-6-13(16(17)18)9-12(14)3/h4-9H,1-3H3,(H,17,18). The van der Waals surface area contributed by atoms with Crippen molar-refractivity contribution in [3.05, 3.63) is 58.7 Å². The Labute approximate surface area is 117 Å². The van der Waals surface area contributed by atoms with E-state index in [1.807, 2.05) is 13.0 Å². The number of hydrogen-bond donors (Lipinski definition) is 1. The normalized spacial score (nSPS) is 10.5. The molecule has 2 aromatic rings. The molecular weight excluding hydrogens is 256 g/mol. The van der Waals surface area contributed by atoms with Gasteiger partial charge in [0.25, 0.3) is 0 Å². The van der Waals surface area contributed by atoms with Gasteiger partial charge in [0.1, 0.15) is 0 Å². The summed E-state index contributed by atoms with van der Waals surface area (Å²) in [4.78, 5) is 13.2. The predicted octanol–water partition coefficient (Wildman–Crippen LogP) is 4.46. The van der Waals surface area contributed by atoms with Gasteiger partial charge in [-0.3, -0.25) is 0 Å². The van der Waals surface area contributed by atoms with Gasteiger partial charge >= 0.3 is 5.97 Å². The molecule has 0 aliphatic heterocycles. The van der Waals surface area contributed by atoms with E-state index in [1.54, 1.807) is 23.9 Å². The molecule has 0 unspecified atom stereocenters. The van der Waals surface area contributed by atoms with Crippen LogP contribution in [0.3, 0.4) is 0 Å². The van der Waals surface area contributed by atoms with Crippen LogP contribution in [0.5, 0.6) is 0 Å². The van der Waals surface area contributed by atoms with Gasteiger partial charge in [0.15, 0.2) is 0 Å². The molecule has 0 fully saturated rings. The van der Waals surface area contributed by atoms with Crippen molar-refractivity contribution in [3.63, 3.8) is 0 Å². The van der Waals surface area contributed by atoms with Crippen LogP contribution in [0.2, 0.25) is 0 Å². The molecule has 0 radical (unpaired) electrons. The van der Waals surface area contributed by atoms with Crippen LogP contribution in [0, 0.1) is 20.8 Å². The highest BCUT2D eigenvalue weighted by molar-refractivity contribution is 7.99. The molecule has 0 aliphatic carbocycles. The molecule has 0 heterocycles. The summed E-state index contributed by atoms with van der Waals surface area (Å²) in [7, 11) is 0. The maximum Gasteiger partial charge on any atom is 0.335 e. The first-order chi connectivity index (χ1) is 8.97. The summed E-state index contributed by atoms with van der Waals surface area (Å²) in [6.07, 6.45) is 0. The first-order valence-corrected chi connectivity index (χ1v) is 6.88. The SMILES string of the molecule is Cc1ccc(C)c(Sc2ccc(C(=O)O)cc2C)c1. The summed E-state index contributed by atoms with van der Waals surface area (Å²) in [6, 6.07) is 11.6. The summed E-state index contributed by atoms with van der Waals surface area (Å²) in [5.74, 6) is -0.883. The molecule has 0 saturated heterocycles. The minimum absolute atomic E-state index is 0.336. The molecule has 2 rings (SSSR count). The Hall–Kier alpha value is -1.74. The molecule has 3 heteroatoms. The summed E-state index contributed by atoms with van der Waals surface area (Å²) >= 11 is 1.68. The van der Waals surface area contributed by atoms with E-state index in [0.29, 0.717) is 5.56 Å². The van der Waals surface area contributed by atoms with Crippen molar-refractivity contribution in [1.29, 1.82) is 0 Å². The summed E-state index contributed by atoms with van der Waals surface area (Å²) in [5.41, 5.74) is 3.79. The van der Waals surface area contributed by atoms with Gasteiger partial charge in [0.05, 0.1) is 5.56 Å². The third-order valence-electron chi connectivity index (χ3n) is 2.99. The van der Waals surface area contributed by atoms with Crippen molar-refractivity contribution in [3.8, 4) is 0 Å². The van der Waals surface area contributed by atoms with Gasteiger partial charge < -0.3 is 5.11 Å².